The van der Waals surface area contributed by atoms with Crippen LogP contribution in [0, 0.1) is 11.7 Å². The molecule has 136 valence electrons. The predicted molar refractivity (Wildman–Crippen MR) is 99.2 cm³/mol. The Kier molecular flexibility index (Phi) is 5.35. The second-order valence-corrected chi connectivity index (χ2v) is 6.75. The number of halogens is 1. The summed E-state index contributed by atoms with van der Waals surface area (Å²) in [6.07, 6.45) is 0.498. The Labute approximate surface area is 153 Å². The zero-order chi connectivity index (χ0) is 18.7. The monoisotopic (exact) mass is 354 g/mol. The quantitative estimate of drug-likeness (QED) is 0.825. The van der Waals surface area contributed by atoms with Crippen LogP contribution in [0.5, 0.6) is 0 Å². The van der Waals surface area contributed by atoms with Gasteiger partial charge in [0.1, 0.15) is 5.82 Å². The summed E-state index contributed by atoms with van der Waals surface area (Å²) in [5, 5.41) is 0. The first-order valence-electron chi connectivity index (χ1n) is 8.87. The first-order valence-corrected chi connectivity index (χ1v) is 8.87. The first-order chi connectivity index (χ1) is 12.5. The molecule has 0 bridgehead atoms. The highest BCUT2D eigenvalue weighted by atomic mass is 19.1. The van der Waals surface area contributed by atoms with E-state index in [1.807, 2.05) is 11.8 Å². The smallest absolute Gasteiger partial charge is 0.253 e. The van der Waals surface area contributed by atoms with Crippen LogP contribution in [0.2, 0.25) is 0 Å². The molecule has 0 aliphatic carbocycles. The minimum Gasteiger partial charge on any atom is -0.343 e. The van der Waals surface area contributed by atoms with Gasteiger partial charge in [0.15, 0.2) is 0 Å². The van der Waals surface area contributed by atoms with Gasteiger partial charge in [-0.05, 0) is 30.7 Å². The van der Waals surface area contributed by atoms with Crippen molar-refractivity contribution >= 4 is 11.8 Å². The number of carbonyl (C=O) groups is 2. The minimum atomic E-state index is -0.282. The summed E-state index contributed by atoms with van der Waals surface area (Å²) < 4.78 is 13.9. The lowest BCUT2D eigenvalue weighted by molar-refractivity contribution is -0.127. The number of likely N-dealkylation sites (tertiary alicyclic amines) is 1. The van der Waals surface area contributed by atoms with Gasteiger partial charge >= 0.3 is 0 Å². The normalized spacial score (nSPS) is 16.8. The molecule has 2 aromatic carbocycles. The number of carbonyl (C=O) groups excluding carboxylic acids is 2. The second kappa shape index (κ2) is 7.68. The maximum Gasteiger partial charge on any atom is 0.253 e. The summed E-state index contributed by atoms with van der Waals surface area (Å²) in [4.78, 5) is 27.9. The number of amides is 2. The molecule has 2 aromatic rings. The van der Waals surface area contributed by atoms with E-state index in [1.54, 1.807) is 54.4 Å². The Hall–Kier alpha value is -2.69. The van der Waals surface area contributed by atoms with E-state index in [4.69, 9.17) is 0 Å². The van der Waals surface area contributed by atoms with E-state index in [1.165, 1.54) is 6.07 Å². The fourth-order valence-corrected chi connectivity index (χ4v) is 3.46. The molecule has 1 fully saturated rings. The molecule has 1 atom stereocenters. The van der Waals surface area contributed by atoms with Crippen LogP contribution in [-0.4, -0.2) is 48.3 Å². The van der Waals surface area contributed by atoms with E-state index in [-0.39, 0.29) is 23.5 Å². The zero-order valence-corrected chi connectivity index (χ0v) is 15.1. The van der Waals surface area contributed by atoms with Gasteiger partial charge in [-0.15, -0.1) is 0 Å². The highest BCUT2D eigenvalue weighted by Crippen LogP contribution is 2.23. The molecule has 1 saturated heterocycles. The Morgan fingerprint density at radius 3 is 2.50 bits per heavy atom. The minimum absolute atomic E-state index is 0.0903. The highest BCUT2D eigenvalue weighted by Gasteiger charge is 2.30. The van der Waals surface area contributed by atoms with Crippen molar-refractivity contribution in [1.29, 1.82) is 0 Å². The molecule has 1 unspecified atom stereocenters. The molecule has 0 N–H and O–H groups in total. The summed E-state index contributed by atoms with van der Waals surface area (Å²) in [5.41, 5.74) is 1.82. The van der Waals surface area contributed by atoms with Gasteiger partial charge in [-0.25, -0.2) is 4.39 Å². The van der Waals surface area contributed by atoms with Gasteiger partial charge in [0.2, 0.25) is 5.91 Å². The van der Waals surface area contributed by atoms with Crippen LogP contribution in [0.15, 0.2) is 48.5 Å². The summed E-state index contributed by atoms with van der Waals surface area (Å²) in [5.74, 6) is -0.0377. The molecule has 0 saturated carbocycles. The third-order valence-corrected chi connectivity index (χ3v) is 4.87. The van der Waals surface area contributed by atoms with Crippen molar-refractivity contribution in [3.8, 4) is 11.1 Å². The Morgan fingerprint density at radius 1 is 1.19 bits per heavy atom. The Balaban J connectivity index is 1.66. The van der Waals surface area contributed by atoms with Crippen LogP contribution in [0.1, 0.15) is 23.7 Å². The first kappa shape index (κ1) is 18.1. The zero-order valence-electron chi connectivity index (χ0n) is 15.1. The van der Waals surface area contributed by atoms with Gasteiger partial charge in [-0.1, -0.05) is 30.3 Å². The molecule has 5 heteroatoms. The second-order valence-electron chi connectivity index (χ2n) is 6.75. The molecule has 3 rings (SSSR count). The van der Waals surface area contributed by atoms with Crippen molar-refractivity contribution in [2.45, 2.75) is 13.3 Å². The Morgan fingerprint density at radius 2 is 1.88 bits per heavy atom. The molecule has 0 aromatic heterocycles. The number of hydrogen-bond donors (Lipinski definition) is 0. The van der Waals surface area contributed by atoms with E-state index in [0.29, 0.717) is 37.2 Å². The molecule has 0 spiro atoms. The maximum atomic E-state index is 13.9. The molecule has 1 aliphatic rings. The van der Waals surface area contributed by atoms with Gasteiger partial charge in [-0.3, -0.25) is 9.59 Å². The standard InChI is InChI=1S/C21H23FN2O2/c1-3-24-14-15(12-20(24)25)13-23(2)21(26)17-10-8-16(9-11-17)18-6-4-5-7-19(18)22/h4-11,15H,3,12-14H2,1-2H3. The average Bonchev–Trinajstić information content (AvgIpc) is 3.01. The highest BCUT2D eigenvalue weighted by molar-refractivity contribution is 5.94. The lowest BCUT2D eigenvalue weighted by atomic mass is 10.0. The summed E-state index contributed by atoms with van der Waals surface area (Å²) in [6.45, 7) is 3.94. The van der Waals surface area contributed by atoms with Crippen molar-refractivity contribution in [3.63, 3.8) is 0 Å². The summed E-state index contributed by atoms with van der Waals surface area (Å²) in [7, 11) is 1.76. The SMILES string of the molecule is CCN1CC(CN(C)C(=O)c2ccc(-c3ccccc3F)cc2)CC1=O. The fourth-order valence-electron chi connectivity index (χ4n) is 3.46. The van der Waals surface area contributed by atoms with Gasteiger partial charge in [0, 0.05) is 50.1 Å². The third-order valence-electron chi connectivity index (χ3n) is 4.87. The topological polar surface area (TPSA) is 40.6 Å². The van der Waals surface area contributed by atoms with E-state index in [2.05, 4.69) is 0 Å². The van der Waals surface area contributed by atoms with E-state index >= 15 is 0 Å². The Bertz CT molecular complexity index is 804. The molecular formula is C21H23FN2O2. The summed E-state index contributed by atoms with van der Waals surface area (Å²) in [6, 6.07) is 13.5. The summed E-state index contributed by atoms with van der Waals surface area (Å²) >= 11 is 0. The van der Waals surface area contributed by atoms with E-state index < -0.39 is 0 Å². The van der Waals surface area contributed by atoms with Crippen LogP contribution in [0.25, 0.3) is 11.1 Å². The fraction of sp³-hybridized carbons (Fsp3) is 0.333. The largest absolute Gasteiger partial charge is 0.343 e. The van der Waals surface area contributed by atoms with Crippen molar-refractivity contribution in [2.24, 2.45) is 5.92 Å². The molecule has 1 aliphatic heterocycles. The third kappa shape index (κ3) is 3.77. The predicted octanol–water partition coefficient (Wildman–Crippen LogP) is 3.43. The van der Waals surface area contributed by atoms with Crippen LogP contribution in [0.3, 0.4) is 0 Å². The maximum absolute atomic E-state index is 13.9. The molecule has 1 heterocycles. The average molecular weight is 354 g/mol. The lowest BCUT2D eigenvalue weighted by Crippen LogP contribution is -2.33. The van der Waals surface area contributed by atoms with Crippen LogP contribution in [-0.2, 0) is 4.79 Å². The van der Waals surface area contributed by atoms with Crippen molar-refractivity contribution in [1.82, 2.24) is 9.80 Å². The van der Waals surface area contributed by atoms with Gasteiger partial charge in [0.25, 0.3) is 5.91 Å². The number of hydrogen-bond acceptors (Lipinski definition) is 2. The van der Waals surface area contributed by atoms with Crippen molar-refractivity contribution in [2.75, 3.05) is 26.7 Å². The van der Waals surface area contributed by atoms with Crippen LogP contribution >= 0.6 is 0 Å². The van der Waals surface area contributed by atoms with E-state index in [9.17, 15) is 14.0 Å². The molecule has 0 radical (unpaired) electrons. The number of rotatable bonds is 5. The van der Waals surface area contributed by atoms with Crippen LogP contribution < -0.4 is 0 Å². The number of benzene rings is 2. The molecule has 26 heavy (non-hydrogen) atoms. The van der Waals surface area contributed by atoms with Crippen LogP contribution in [0.4, 0.5) is 4.39 Å². The van der Waals surface area contributed by atoms with Gasteiger partial charge in [0.05, 0.1) is 0 Å². The molecule has 4 nitrogen and oxygen atoms in total. The van der Waals surface area contributed by atoms with Gasteiger partial charge < -0.3 is 9.80 Å². The molecule has 2 amide bonds. The van der Waals surface area contributed by atoms with E-state index in [0.717, 1.165) is 5.56 Å². The van der Waals surface area contributed by atoms with Crippen molar-refractivity contribution in [3.05, 3.63) is 59.9 Å². The number of nitrogens with zero attached hydrogens (tertiary/aromatic N) is 2. The van der Waals surface area contributed by atoms with Gasteiger partial charge in [-0.2, -0.15) is 0 Å². The van der Waals surface area contributed by atoms with Crippen molar-refractivity contribution < 1.29 is 14.0 Å². The lowest BCUT2D eigenvalue weighted by Gasteiger charge is -2.21. The molecular weight excluding hydrogens is 331 g/mol.